The Morgan fingerprint density at radius 2 is 1.75 bits per heavy atom. The molecule has 0 aliphatic carbocycles. The van der Waals surface area contributed by atoms with Gasteiger partial charge >= 0.3 is 0 Å². The summed E-state index contributed by atoms with van der Waals surface area (Å²) in [6.07, 6.45) is 1.34. The average Bonchev–Trinajstić information content (AvgIpc) is 2.39. The van der Waals surface area contributed by atoms with Crippen molar-refractivity contribution < 1.29 is 14.6 Å². The van der Waals surface area contributed by atoms with Crippen molar-refractivity contribution in [2.75, 3.05) is 0 Å². The summed E-state index contributed by atoms with van der Waals surface area (Å²) in [5.41, 5.74) is 0.873. The quantitative estimate of drug-likeness (QED) is 0.601. The Hall–Kier alpha value is -2.40. The summed E-state index contributed by atoms with van der Waals surface area (Å²) < 4.78 is 5.40. The van der Waals surface area contributed by atoms with Gasteiger partial charge in [0.25, 0.3) is 0 Å². The monoisotopic (exact) mass is 286 g/mol. The summed E-state index contributed by atoms with van der Waals surface area (Å²) in [5, 5.41) is 19.3. The number of phenols is 2. The molecule has 0 saturated heterocycles. The summed E-state index contributed by atoms with van der Waals surface area (Å²) >= 11 is 4.12. The van der Waals surface area contributed by atoms with Gasteiger partial charge in [-0.15, -0.1) is 12.6 Å². The third kappa shape index (κ3) is 2.02. The van der Waals surface area contributed by atoms with Gasteiger partial charge in [-0.3, -0.25) is 4.79 Å². The van der Waals surface area contributed by atoms with Gasteiger partial charge in [-0.25, -0.2) is 0 Å². The first-order valence-corrected chi connectivity index (χ1v) is 6.28. The Bertz CT molecular complexity index is 850. The van der Waals surface area contributed by atoms with Crippen LogP contribution in [0.2, 0.25) is 0 Å². The van der Waals surface area contributed by atoms with Crippen molar-refractivity contribution >= 4 is 23.6 Å². The maximum absolute atomic E-state index is 12.4. The molecule has 3 aromatic rings. The smallest absolute Gasteiger partial charge is 0.204 e. The minimum atomic E-state index is -0.331. The molecule has 1 heterocycles. The Morgan fingerprint density at radius 3 is 2.45 bits per heavy atom. The molecule has 2 N–H and O–H groups in total. The highest BCUT2D eigenvalue weighted by Gasteiger charge is 2.13. The number of hydrogen-bond donors (Lipinski definition) is 3. The van der Waals surface area contributed by atoms with Crippen LogP contribution in [0, 0.1) is 0 Å². The summed E-state index contributed by atoms with van der Waals surface area (Å²) in [4.78, 5) is 12.9. The molecule has 5 heteroatoms. The molecule has 0 fully saturated rings. The molecular formula is C15H10O4S. The SMILES string of the molecule is O=c1c(-c2ccc(O)cc2)coc2cc(S)cc(O)c12. The number of hydrogen-bond acceptors (Lipinski definition) is 5. The molecule has 0 amide bonds. The van der Waals surface area contributed by atoms with Crippen LogP contribution in [0.5, 0.6) is 11.5 Å². The predicted octanol–water partition coefficient (Wildman–Crippen LogP) is 3.16. The van der Waals surface area contributed by atoms with Crippen LogP contribution in [-0.4, -0.2) is 10.2 Å². The molecule has 0 spiro atoms. The van der Waals surface area contributed by atoms with Gasteiger partial charge in [0.2, 0.25) is 5.43 Å². The molecule has 4 nitrogen and oxygen atoms in total. The van der Waals surface area contributed by atoms with E-state index in [9.17, 15) is 15.0 Å². The third-order valence-corrected chi connectivity index (χ3v) is 3.28. The van der Waals surface area contributed by atoms with Crippen LogP contribution in [0.25, 0.3) is 22.1 Å². The molecule has 3 rings (SSSR count). The number of fused-ring (bicyclic) bond motifs is 1. The average molecular weight is 286 g/mol. The third-order valence-electron chi connectivity index (χ3n) is 3.02. The highest BCUT2D eigenvalue weighted by Crippen LogP contribution is 2.28. The summed E-state index contributed by atoms with van der Waals surface area (Å²) in [5.74, 6) is -0.0524. The Morgan fingerprint density at radius 1 is 1.05 bits per heavy atom. The van der Waals surface area contributed by atoms with E-state index in [2.05, 4.69) is 12.6 Å². The van der Waals surface area contributed by atoms with E-state index in [0.29, 0.717) is 16.0 Å². The van der Waals surface area contributed by atoms with Crippen LogP contribution in [-0.2, 0) is 0 Å². The Labute approximate surface area is 119 Å². The lowest BCUT2D eigenvalue weighted by Crippen LogP contribution is -2.05. The molecule has 0 radical (unpaired) electrons. The molecule has 0 bridgehead atoms. The zero-order valence-electron chi connectivity index (χ0n) is 10.2. The molecule has 100 valence electrons. The van der Waals surface area contributed by atoms with E-state index in [0.717, 1.165) is 0 Å². The van der Waals surface area contributed by atoms with Gasteiger partial charge in [-0.2, -0.15) is 0 Å². The van der Waals surface area contributed by atoms with Gasteiger partial charge in [0.15, 0.2) is 0 Å². The van der Waals surface area contributed by atoms with E-state index >= 15 is 0 Å². The van der Waals surface area contributed by atoms with Crippen molar-refractivity contribution in [1.29, 1.82) is 0 Å². The minimum Gasteiger partial charge on any atom is -0.508 e. The molecule has 1 aromatic heterocycles. The number of thiol groups is 1. The zero-order chi connectivity index (χ0) is 14.3. The lowest BCUT2D eigenvalue weighted by atomic mass is 10.1. The molecular weight excluding hydrogens is 276 g/mol. The van der Waals surface area contributed by atoms with Gasteiger partial charge in [0.05, 0.1) is 5.56 Å². The van der Waals surface area contributed by atoms with Crippen molar-refractivity contribution in [3.05, 3.63) is 52.9 Å². The van der Waals surface area contributed by atoms with E-state index < -0.39 is 0 Å². The van der Waals surface area contributed by atoms with Crippen LogP contribution in [0.3, 0.4) is 0 Å². The lowest BCUT2D eigenvalue weighted by molar-refractivity contribution is 0.475. The van der Waals surface area contributed by atoms with Gasteiger partial charge in [0, 0.05) is 4.90 Å². The van der Waals surface area contributed by atoms with E-state index in [-0.39, 0.29) is 27.9 Å². The van der Waals surface area contributed by atoms with Gasteiger partial charge < -0.3 is 14.6 Å². The van der Waals surface area contributed by atoms with E-state index in [1.54, 1.807) is 18.2 Å². The maximum Gasteiger partial charge on any atom is 0.204 e. The largest absolute Gasteiger partial charge is 0.508 e. The van der Waals surface area contributed by atoms with Crippen molar-refractivity contribution in [3.63, 3.8) is 0 Å². The highest BCUT2D eigenvalue weighted by molar-refractivity contribution is 7.80. The molecule has 0 unspecified atom stereocenters. The summed E-state index contributed by atoms with van der Waals surface area (Å²) in [7, 11) is 0. The van der Waals surface area contributed by atoms with Gasteiger partial charge in [-0.1, -0.05) is 12.1 Å². The Balaban J connectivity index is 2.31. The zero-order valence-corrected chi connectivity index (χ0v) is 11.1. The molecule has 0 aliphatic heterocycles. The normalized spacial score (nSPS) is 10.8. The van der Waals surface area contributed by atoms with Crippen molar-refractivity contribution in [1.82, 2.24) is 0 Å². The topological polar surface area (TPSA) is 70.7 Å². The molecule has 20 heavy (non-hydrogen) atoms. The summed E-state index contributed by atoms with van der Waals surface area (Å²) in [6, 6.07) is 9.14. The molecule has 2 aromatic carbocycles. The second-order valence-corrected chi connectivity index (χ2v) is 4.88. The Kier molecular flexibility index (Phi) is 2.91. The first kappa shape index (κ1) is 12.6. The van der Waals surface area contributed by atoms with Crippen LogP contribution >= 0.6 is 12.6 Å². The number of phenolic OH excluding ortho intramolecular Hbond substituents is 2. The standard InChI is InChI=1S/C15H10O4S/c16-9-3-1-8(2-4-9)11-7-19-13-6-10(20)5-12(17)14(13)15(11)18/h1-7,16-17,20H. The van der Waals surface area contributed by atoms with Crippen LogP contribution in [0.4, 0.5) is 0 Å². The molecule has 0 saturated carbocycles. The van der Waals surface area contributed by atoms with E-state index in [1.807, 2.05) is 0 Å². The minimum absolute atomic E-state index is 0.112. The number of aromatic hydroxyl groups is 2. The van der Waals surface area contributed by atoms with Crippen molar-refractivity contribution in [3.8, 4) is 22.6 Å². The maximum atomic E-state index is 12.4. The second-order valence-electron chi connectivity index (χ2n) is 4.36. The highest BCUT2D eigenvalue weighted by atomic mass is 32.1. The van der Waals surface area contributed by atoms with E-state index in [4.69, 9.17) is 4.42 Å². The first-order chi connectivity index (χ1) is 9.56. The fraction of sp³-hybridized carbons (Fsp3) is 0. The van der Waals surface area contributed by atoms with Gasteiger partial charge in [0.1, 0.15) is 28.7 Å². The fourth-order valence-electron chi connectivity index (χ4n) is 2.06. The van der Waals surface area contributed by atoms with Crippen LogP contribution in [0.15, 0.2) is 56.8 Å². The number of rotatable bonds is 1. The lowest BCUT2D eigenvalue weighted by Gasteiger charge is -2.05. The predicted molar refractivity (Wildman–Crippen MR) is 78.5 cm³/mol. The number of benzene rings is 2. The first-order valence-electron chi connectivity index (χ1n) is 5.83. The van der Waals surface area contributed by atoms with Crippen LogP contribution < -0.4 is 5.43 Å². The van der Waals surface area contributed by atoms with Crippen LogP contribution in [0.1, 0.15) is 0 Å². The molecule has 0 aliphatic rings. The fourth-order valence-corrected chi connectivity index (χ4v) is 2.30. The van der Waals surface area contributed by atoms with E-state index in [1.165, 1.54) is 24.5 Å². The summed E-state index contributed by atoms with van der Waals surface area (Å²) in [6.45, 7) is 0. The second kappa shape index (κ2) is 4.61. The van der Waals surface area contributed by atoms with Crippen molar-refractivity contribution in [2.45, 2.75) is 4.90 Å². The van der Waals surface area contributed by atoms with Gasteiger partial charge in [-0.05, 0) is 29.8 Å². The molecule has 0 atom stereocenters. The van der Waals surface area contributed by atoms with Crippen molar-refractivity contribution in [2.24, 2.45) is 0 Å².